The van der Waals surface area contributed by atoms with E-state index in [1.165, 1.54) is 16.7 Å². The first-order chi connectivity index (χ1) is 15.1. The van der Waals surface area contributed by atoms with Crippen molar-refractivity contribution in [2.45, 2.75) is 32.5 Å². The minimum absolute atomic E-state index is 0.689. The predicted molar refractivity (Wildman–Crippen MR) is 122 cm³/mol. The molecule has 0 aliphatic carbocycles. The molecule has 0 bridgehead atoms. The van der Waals surface area contributed by atoms with Gasteiger partial charge in [-0.3, -0.25) is 4.90 Å². The summed E-state index contributed by atoms with van der Waals surface area (Å²) in [6, 6.07) is 24.0. The second-order valence-electron chi connectivity index (χ2n) is 8.23. The number of nitrogens with zero attached hydrogens (tertiary/aromatic N) is 3. The Bertz CT molecular complexity index is 1240. The van der Waals surface area contributed by atoms with Gasteiger partial charge in [-0.15, -0.1) is 0 Å². The van der Waals surface area contributed by atoms with Gasteiger partial charge in [-0.1, -0.05) is 60.7 Å². The van der Waals surface area contributed by atoms with Gasteiger partial charge in [-0.25, -0.2) is 9.78 Å². The molecule has 0 amide bonds. The lowest BCUT2D eigenvalue weighted by atomic mass is 9.99. The fourth-order valence-electron chi connectivity index (χ4n) is 4.46. The average molecular weight is 412 g/mol. The molecule has 5 rings (SSSR count). The molecule has 5 nitrogen and oxygen atoms in total. The lowest BCUT2D eigenvalue weighted by Crippen LogP contribution is -2.29. The summed E-state index contributed by atoms with van der Waals surface area (Å²) in [5, 5.41) is 9.63. The van der Waals surface area contributed by atoms with E-state index in [-0.39, 0.29) is 0 Å². The molecule has 0 radical (unpaired) electrons. The van der Waals surface area contributed by atoms with Gasteiger partial charge in [0.1, 0.15) is 11.9 Å². The van der Waals surface area contributed by atoms with Crippen molar-refractivity contribution >= 4 is 17.0 Å². The van der Waals surface area contributed by atoms with Crippen LogP contribution in [0.1, 0.15) is 29.7 Å². The van der Waals surface area contributed by atoms with Gasteiger partial charge >= 0.3 is 5.97 Å². The Kier molecular flexibility index (Phi) is 5.04. The van der Waals surface area contributed by atoms with Crippen LogP contribution < -0.4 is 0 Å². The summed E-state index contributed by atoms with van der Waals surface area (Å²) in [5.41, 5.74) is 6.70. The first-order valence-electron chi connectivity index (χ1n) is 10.7. The topological polar surface area (TPSA) is 58.4 Å². The first-order valence-corrected chi connectivity index (χ1v) is 10.7. The van der Waals surface area contributed by atoms with Crippen LogP contribution in [0.3, 0.4) is 0 Å². The van der Waals surface area contributed by atoms with Crippen molar-refractivity contribution in [3.8, 4) is 11.4 Å². The number of carbonyl (C=O) groups is 1. The van der Waals surface area contributed by atoms with Gasteiger partial charge in [0, 0.05) is 25.2 Å². The van der Waals surface area contributed by atoms with Crippen LogP contribution in [0.25, 0.3) is 22.4 Å². The number of imidazole rings is 1. The molecule has 0 fully saturated rings. The summed E-state index contributed by atoms with van der Waals surface area (Å²) in [4.78, 5) is 19.0. The molecule has 0 saturated heterocycles. The molecular formula is C26H25N3O2. The molecule has 0 saturated carbocycles. The maximum Gasteiger partial charge on any atom is 0.326 e. The summed E-state index contributed by atoms with van der Waals surface area (Å²) < 4.78 is 1.81. The molecule has 1 atom stereocenters. The van der Waals surface area contributed by atoms with E-state index < -0.39 is 12.0 Å². The molecule has 156 valence electrons. The Morgan fingerprint density at radius 3 is 2.48 bits per heavy atom. The van der Waals surface area contributed by atoms with Crippen LogP contribution in [0.15, 0.2) is 72.8 Å². The van der Waals surface area contributed by atoms with E-state index in [0.29, 0.717) is 5.82 Å². The van der Waals surface area contributed by atoms with Crippen LogP contribution in [-0.2, 0) is 24.3 Å². The summed E-state index contributed by atoms with van der Waals surface area (Å²) in [5.74, 6) is -0.180. The zero-order valence-electron chi connectivity index (χ0n) is 17.5. The van der Waals surface area contributed by atoms with Gasteiger partial charge in [-0.2, -0.15) is 0 Å². The molecule has 1 aliphatic heterocycles. The average Bonchev–Trinajstić information content (AvgIpc) is 3.18. The van der Waals surface area contributed by atoms with E-state index in [1.807, 2.05) is 28.8 Å². The normalized spacial score (nSPS) is 15.0. The smallest absolute Gasteiger partial charge is 0.326 e. The Balaban J connectivity index is 1.41. The number of hydrogen-bond donors (Lipinski definition) is 1. The SMILES string of the molecule is CC(C(=O)O)n1c(-c2ccc(CN3CCc4ccccc4C3)cc2)nc2ccccc21. The fraction of sp³-hybridized carbons (Fsp3) is 0.231. The van der Waals surface area contributed by atoms with Crippen LogP contribution in [0.2, 0.25) is 0 Å². The molecule has 5 heteroatoms. The molecular weight excluding hydrogens is 386 g/mol. The fourth-order valence-corrected chi connectivity index (χ4v) is 4.46. The van der Waals surface area contributed by atoms with E-state index in [4.69, 9.17) is 4.98 Å². The Morgan fingerprint density at radius 1 is 1.00 bits per heavy atom. The second kappa shape index (κ2) is 8.00. The first kappa shape index (κ1) is 19.5. The summed E-state index contributed by atoms with van der Waals surface area (Å²) in [6.07, 6.45) is 1.09. The number of hydrogen-bond acceptors (Lipinski definition) is 3. The van der Waals surface area contributed by atoms with Crippen LogP contribution in [0.5, 0.6) is 0 Å². The number of para-hydroxylation sites is 2. The van der Waals surface area contributed by atoms with Crippen LogP contribution in [0, 0.1) is 0 Å². The largest absolute Gasteiger partial charge is 0.480 e. The van der Waals surface area contributed by atoms with E-state index in [1.54, 1.807) is 6.92 Å². The number of carboxylic acid groups (broad SMARTS) is 1. The third-order valence-corrected chi connectivity index (χ3v) is 6.17. The lowest BCUT2D eigenvalue weighted by Gasteiger charge is -2.28. The van der Waals surface area contributed by atoms with E-state index >= 15 is 0 Å². The molecule has 1 unspecified atom stereocenters. The van der Waals surface area contributed by atoms with Gasteiger partial charge in [0.25, 0.3) is 0 Å². The number of aromatic nitrogens is 2. The molecule has 0 spiro atoms. The van der Waals surface area contributed by atoms with Crippen molar-refractivity contribution in [2.24, 2.45) is 0 Å². The van der Waals surface area contributed by atoms with Crippen molar-refractivity contribution in [2.75, 3.05) is 6.54 Å². The second-order valence-corrected chi connectivity index (χ2v) is 8.23. The van der Waals surface area contributed by atoms with Gasteiger partial charge < -0.3 is 9.67 Å². The molecule has 1 aliphatic rings. The van der Waals surface area contributed by atoms with E-state index in [0.717, 1.165) is 42.7 Å². The Morgan fingerprint density at radius 2 is 1.71 bits per heavy atom. The summed E-state index contributed by atoms with van der Waals surface area (Å²) in [7, 11) is 0. The van der Waals surface area contributed by atoms with Gasteiger partial charge in [0.05, 0.1) is 11.0 Å². The molecule has 31 heavy (non-hydrogen) atoms. The van der Waals surface area contributed by atoms with Crippen molar-refractivity contribution in [1.29, 1.82) is 0 Å². The highest BCUT2D eigenvalue weighted by atomic mass is 16.4. The highest BCUT2D eigenvalue weighted by Crippen LogP contribution is 2.29. The van der Waals surface area contributed by atoms with E-state index in [9.17, 15) is 9.90 Å². The number of aliphatic carboxylic acids is 1. The van der Waals surface area contributed by atoms with E-state index in [2.05, 4.69) is 53.4 Å². The minimum atomic E-state index is -0.869. The number of carboxylic acids is 1. The number of rotatable bonds is 5. The number of fused-ring (bicyclic) bond motifs is 2. The summed E-state index contributed by atoms with van der Waals surface area (Å²) in [6.45, 7) is 4.63. The van der Waals surface area contributed by atoms with Crippen LogP contribution in [0.4, 0.5) is 0 Å². The summed E-state index contributed by atoms with van der Waals surface area (Å²) >= 11 is 0. The predicted octanol–water partition coefficient (Wildman–Crippen LogP) is 4.91. The highest BCUT2D eigenvalue weighted by molar-refractivity contribution is 5.84. The maximum atomic E-state index is 11.7. The molecule has 4 aromatic rings. The van der Waals surface area contributed by atoms with Crippen molar-refractivity contribution < 1.29 is 9.90 Å². The number of benzene rings is 3. The zero-order valence-corrected chi connectivity index (χ0v) is 17.5. The Labute approximate surface area is 181 Å². The van der Waals surface area contributed by atoms with Crippen LogP contribution >= 0.6 is 0 Å². The molecule has 3 aromatic carbocycles. The van der Waals surface area contributed by atoms with Crippen molar-refractivity contribution in [3.63, 3.8) is 0 Å². The zero-order chi connectivity index (χ0) is 21.4. The third-order valence-electron chi connectivity index (χ3n) is 6.17. The quantitative estimate of drug-likeness (QED) is 0.507. The Hall–Kier alpha value is -3.44. The highest BCUT2D eigenvalue weighted by Gasteiger charge is 2.22. The van der Waals surface area contributed by atoms with Crippen molar-refractivity contribution in [3.05, 3.63) is 89.5 Å². The lowest BCUT2D eigenvalue weighted by molar-refractivity contribution is -0.140. The van der Waals surface area contributed by atoms with Crippen molar-refractivity contribution in [1.82, 2.24) is 14.5 Å². The monoisotopic (exact) mass is 411 g/mol. The third kappa shape index (κ3) is 3.73. The standard InChI is InChI=1S/C26H25N3O2/c1-18(26(30)31)29-24-9-5-4-8-23(24)27-25(29)21-12-10-19(11-13-21)16-28-15-14-20-6-2-3-7-22(20)17-28/h2-13,18H,14-17H2,1H3,(H,30,31). The molecule has 1 N–H and O–H groups in total. The van der Waals surface area contributed by atoms with Crippen LogP contribution in [-0.4, -0.2) is 32.1 Å². The van der Waals surface area contributed by atoms with Gasteiger partial charge in [-0.05, 0) is 42.2 Å². The minimum Gasteiger partial charge on any atom is -0.480 e. The van der Waals surface area contributed by atoms with Gasteiger partial charge in [0.2, 0.25) is 0 Å². The molecule has 2 heterocycles. The molecule has 1 aromatic heterocycles. The van der Waals surface area contributed by atoms with Gasteiger partial charge in [0.15, 0.2) is 0 Å². The maximum absolute atomic E-state index is 11.7.